The lowest BCUT2D eigenvalue weighted by Crippen LogP contribution is -1.99. The van der Waals surface area contributed by atoms with Gasteiger partial charge in [-0.3, -0.25) is 9.78 Å². The van der Waals surface area contributed by atoms with Gasteiger partial charge in [-0.25, -0.2) is 4.79 Å². The predicted octanol–water partition coefficient (Wildman–Crippen LogP) is 3.57. The first-order valence-electron chi connectivity index (χ1n) is 6.36. The molecule has 0 fully saturated rings. The molecule has 0 aliphatic heterocycles. The van der Waals surface area contributed by atoms with E-state index in [2.05, 4.69) is 4.98 Å². The van der Waals surface area contributed by atoms with E-state index < -0.39 is 5.76 Å². The summed E-state index contributed by atoms with van der Waals surface area (Å²) in [7, 11) is 0. The third kappa shape index (κ3) is 1.90. The van der Waals surface area contributed by atoms with E-state index >= 15 is 0 Å². The molecule has 2 aromatic heterocycles. The molecule has 0 unspecified atom stereocenters. The SMILES string of the molecule is O=C(c1ccc2[nH]c(=O)oc2c1)c1csc2ccccc12. The quantitative estimate of drug-likeness (QED) is 0.575. The average Bonchev–Trinajstić information content (AvgIpc) is 3.07. The van der Waals surface area contributed by atoms with E-state index in [1.54, 1.807) is 29.5 Å². The normalized spacial score (nSPS) is 11.2. The van der Waals surface area contributed by atoms with Crippen molar-refractivity contribution in [2.75, 3.05) is 0 Å². The van der Waals surface area contributed by atoms with Gasteiger partial charge in [0.15, 0.2) is 11.4 Å². The maximum absolute atomic E-state index is 12.6. The molecule has 0 amide bonds. The number of H-pyrrole nitrogens is 1. The number of thiophene rings is 1. The first-order valence-corrected chi connectivity index (χ1v) is 7.24. The number of hydrogen-bond donors (Lipinski definition) is 1. The van der Waals surface area contributed by atoms with Gasteiger partial charge in [0.05, 0.1) is 5.52 Å². The highest BCUT2D eigenvalue weighted by Gasteiger charge is 2.15. The summed E-state index contributed by atoms with van der Waals surface area (Å²) in [4.78, 5) is 26.4. The zero-order valence-corrected chi connectivity index (χ0v) is 11.6. The van der Waals surface area contributed by atoms with Crippen molar-refractivity contribution in [1.82, 2.24) is 4.98 Å². The smallest absolute Gasteiger partial charge is 0.408 e. The van der Waals surface area contributed by atoms with Gasteiger partial charge in [0, 0.05) is 26.6 Å². The van der Waals surface area contributed by atoms with Gasteiger partial charge in [-0.2, -0.15) is 0 Å². The number of rotatable bonds is 2. The van der Waals surface area contributed by atoms with Crippen LogP contribution in [0.25, 0.3) is 21.2 Å². The van der Waals surface area contributed by atoms with Crippen molar-refractivity contribution in [2.24, 2.45) is 0 Å². The van der Waals surface area contributed by atoms with Crippen molar-refractivity contribution in [3.8, 4) is 0 Å². The Bertz CT molecular complexity index is 1040. The third-order valence-corrected chi connectivity index (χ3v) is 4.37. The van der Waals surface area contributed by atoms with Crippen LogP contribution in [-0.4, -0.2) is 10.8 Å². The van der Waals surface area contributed by atoms with Crippen LogP contribution in [0.4, 0.5) is 0 Å². The van der Waals surface area contributed by atoms with Crippen molar-refractivity contribution in [1.29, 1.82) is 0 Å². The number of carbonyl (C=O) groups is 1. The van der Waals surface area contributed by atoms with Gasteiger partial charge in [0.25, 0.3) is 0 Å². The van der Waals surface area contributed by atoms with Crippen LogP contribution in [0.1, 0.15) is 15.9 Å². The molecule has 2 heterocycles. The molecule has 0 spiro atoms. The van der Waals surface area contributed by atoms with Crippen LogP contribution in [0.15, 0.2) is 57.1 Å². The number of aromatic nitrogens is 1. The summed E-state index contributed by atoms with van der Waals surface area (Å²) in [6.07, 6.45) is 0. The molecule has 4 aromatic rings. The van der Waals surface area contributed by atoms with Crippen LogP contribution in [-0.2, 0) is 0 Å². The molecule has 0 radical (unpaired) electrons. The number of nitrogens with one attached hydrogen (secondary N) is 1. The number of benzene rings is 2. The van der Waals surface area contributed by atoms with E-state index in [0.717, 1.165) is 10.1 Å². The van der Waals surface area contributed by atoms with E-state index in [9.17, 15) is 9.59 Å². The number of ketones is 1. The Morgan fingerprint density at radius 2 is 2.00 bits per heavy atom. The Kier molecular flexibility index (Phi) is 2.55. The Balaban J connectivity index is 1.87. The van der Waals surface area contributed by atoms with E-state index in [1.807, 2.05) is 29.6 Å². The van der Waals surface area contributed by atoms with E-state index in [0.29, 0.717) is 22.2 Å². The first kappa shape index (κ1) is 12.1. The predicted molar refractivity (Wildman–Crippen MR) is 82.1 cm³/mol. The Morgan fingerprint density at radius 1 is 1.14 bits per heavy atom. The summed E-state index contributed by atoms with van der Waals surface area (Å²) >= 11 is 1.54. The fourth-order valence-corrected chi connectivity index (χ4v) is 3.34. The van der Waals surface area contributed by atoms with Crippen molar-refractivity contribution in [3.63, 3.8) is 0 Å². The molecular formula is C16H9NO3S. The summed E-state index contributed by atoms with van der Waals surface area (Å²) in [6, 6.07) is 12.8. The minimum absolute atomic E-state index is 0.0711. The topological polar surface area (TPSA) is 63.1 Å². The third-order valence-electron chi connectivity index (χ3n) is 3.41. The lowest BCUT2D eigenvalue weighted by Gasteiger charge is -1.99. The van der Waals surface area contributed by atoms with Gasteiger partial charge in [-0.15, -0.1) is 11.3 Å². The monoisotopic (exact) mass is 295 g/mol. The second-order valence-corrected chi connectivity index (χ2v) is 5.61. The van der Waals surface area contributed by atoms with Crippen LogP contribution in [0.5, 0.6) is 0 Å². The molecule has 1 N–H and O–H groups in total. The molecule has 4 nitrogen and oxygen atoms in total. The van der Waals surface area contributed by atoms with Gasteiger partial charge in [-0.05, 0) is 24.3 Å². The number of carbonyl (C=O) groups excluding carboxylic acids is 1. The molecule has 4 rings (SSSR count). The van der Waals surface area contributed by atoms with Crippen molar-refractivity contribution >= 4 is 38.3 Å². The number of hydrogen-bond acceptors (Lipinski definition) is 4. The maximum atomic E-state index is 12.6. The highest BCUT2D eigenvalue weighted by molar-refractivity contribution is 7.17. The van der Waals surface area contributed by atoms with E-state index in [-0.39, 0.29) is 5.78 Å². The summed E-state index contributed by atoms with van der Waals surface area (Å²) < 4.78 is 6.08. The second kappa shape index (κ2) is 4.43. The van der Waals surface area contributed by atoms with Crippen molar-refractivity contribution in [3.05, 3.63) is 69.5 Å². The van der Waals surface area contributed by atoms with E-state index in [1.165, 1.54) is 0 Å². The summed E-state index contributed by atoms with van der Waals surface area (Å²) in [5.74, 6) is -0.589. The lowest BCUT2D eigenvalue weighted by atomic mass is 10.0. The second-order valence-electron chi connectivity index (χ2n) is 4.70. The zero-order valence-electron chi connectivity index (χ0n) is 10.8. The molecule has 102 valence electrons. The summed E-state index contributed by atoms with van der Waals surface area (Å²) in [5, 5.41) is 2.81. The van der Waals surface area contributed by atoms with Crippen molar-refractivity contribution < 1.29 is 9.21 Å². The van der Waals surface area contributed by atoms with Gasteiger partial charge in [0.2, 0.25) is 0 Å². The first-order chi connectivity index (χ1) is 10.2. The molecule has 21 heavy (non-hydrogen) atoms. The number of oxazole rings is 1. The van der Waals surface area contributed by atoms with Gasteiger partial charge in [-0.1, -0.05) is 18.2 Å². The zero-order chi connectivity index (χ0) is 14.4. The van der Waals surface area contributed by atoms with Gasteiger partial charge >= 0.3 is 5.76 Å². The van der Waals surface area contributed by atoms with Gasteiger partial charge in [0.1, 0.15) is 0 Å². The van der Waals surface area contributed by atoms with Crippen LogP contribution in [0, 0.1) is 0 Å². The van der Waals surface area contributed by atoms with Crippen LogP contribution in [0.3, 0.4) is 0 Å². The fraction of sp³-hybridized carbons (Fsp3) is 0. The van der Waals surface area contributed by atoms with Crippen LogP contribution in [0.2, 0.25) is 0 Å². The molecule has 0 aliphatic carbocycles. The van der Waals surface area contributed by atoms with Gasteiger partial charge < -0.3 is 4.42 Å². The fourth-order valence-electron chi connectivity index (χ4n) is 2.40. The molecule has 0 atom stereocenters. The van der Waals surface area contributed by atoms with Crippen LogP contribution < -0.4 is 5.76 Å². The summed E-state index contributed by atoms with van der Waals surface area (Å²) in [5.41, 5.74) is 2.17. The van der Waals surface area contributed by atoms with Crippen LogP contribution >= 0.6 is 11.3 Å². The molecular weight excluding hydrogens is 286 g/mol. The van der Waals surface area contributed by atoms with E-state index in [4.69, 9.17) is 4.42 Å². The molecule has 5 heteroatoms. The highest BCUT2D eigenvalue weighted by atomic mass is 32.1. The molecule has 0 saturated carbocycles. The minimum atomic E-state index is -0.518. The molecule has 2 aromatic carbocycles. The van der Waals surface area contributed by atoms with Crippen molar-refractivity contribution in [2.45, 2.75) is 0 Å². The Hall–Kier alpha value is -2.66. The standard InChI is InChI=1S/C16H9NO3S/c18-15(11-8-21-14-4-2-1-3-10(11)14)9-5-6-12-13(7-9)20-16(19)17-12/h1-8H,(H,17,19). The average molecular weight is 295 g/mol. The molecule has 0 saturated heterocycles. The highest BCUT2D eigenvalue weighted by Crippen LogP contribution is 2.28. The number of fused-ring (bicyclic) bond motifs is 2. The largest absolute Gasteiger partial charge is 0.417 e. The Morgan fingerprint density at radius 3 is 2.90 bits per heavy atom. The lowest BCUT2D eigenvalue weighted by molar-refractivity contribution is 0.104. The minimum Gasteiger partial charge on any atom is -0.408 e. The molecule has 0 aliphatic rings. The molecule has 0 bridgehead atoms. The maximum Gasteiger partial charge on any atom is 0.417 e. The summed E-state index contributed by atoms with van der Waals surface area (Å²) in [6.45, 7) is 0. The Labute approximate surface area is 122 Å². The number of aromatic amines is 1.